The number of rotatable bonds is 2. The molecule has 0 atom stereocenters. The summed E-state index contributed by atoms with van der Waals surface area (Å²) in [6.45, 7) is 0. The van der Waals surface area contributed by atoms with E-state index in [9.17, 15) is 0 Å². The van der Waals surface area contributed by atoms with E-state index in [4.69, 9.17) is 16.9 Å². The molecule has 0 aliphatic carbocycles. The van der Waals surface area contributed by atoms with Gasteiger partial charge >= 0.3 is 0 Å². The lowest BCUT2D eigenvalue weighted by atomic mass is 10.3. The minimum absolute atomic E-state index is 0.210. The number of aliphatic imine (C=N–C) groups is 1. The molecule has 15 heavy (non-hydrogen) atoms. The minimum Gasteiger partial charge on any atom is -0.369 e. The summed E-state index contributed by atoms with van der Waals surface area (Å²) in [6, 6.07) is 3.60. The van der Waals surface area contributed by atoms with E-state index in [1.54, 1.807) is 17.3 Å². The fourth-order valence-corrected chi connectivity index (χ4v) is 1.26. The molecule has 0 aromatic carbocycles. The normalized spacial score (nSPS) is 10.3. The van der Waals surface area contributed by atoms with Gasteiger partial charge in [-0.3, -0.25) is 0 Å². The molecule has 0 unspecified atom stereocenters. The van der Waals surface area contributed by atoms with Crippen LogP contribution in [0.5, 0.6) is 0 Å². The highest BCUT2D eigenvalue weighted by molar-refractivity contribution is 9.10. The van der Waals surface area contributed by atoms with Gasteiger partial charge in [0.15, 0.2) is 5.69 Å². The summed E-state index contributed by atoms with van der Waals surface area (Å²) < 4.78 is 0.620. The zero-order valence-corrected chi connectivity index (χ0v) is 10.5. The van der Waals surface area contributed by atoms with Gasteiger partial charge in [0.05, 0.1) is 10.8 Å². The zero-order chi connectivity index (χ0) is 11.4. The predicted molar refractivity (Wildman–Crippen MR) is 63.5 cm³/mol. The first-order valence-electron chi connectivity index (χ1n) is 4.01. The first-order chi connectivity index (χ1) is 7.04. The highest BCUT2D eigenvalue weighted by atomic mass is 79.9. The van der Waals surface area contributed by atoms with Crippen molar-refractivity contribution in [3.05, 3.63) is 21.4 Å². The number of nitriles is 1. The standard InChI is InChI=1S/C9H8BrClN4/c1-15(2)5-13-7-3-6(10)9(11)14-8(7)4-12/h3,5H,1-2H3/b13-5-. The average Bonchev–Trinajstić information content (AvgIpc) is 2.19. The van der Waals surface area contributed by atoms with Gasteiger partial charge in [0, 0.05) is 14.1 Å². The third kappa shape index (κ3) is 3.18. The van der Waals surface area contributed by atoms with Crippen molar-refractivity contribution < 1.29 is 0 Å². The first kappa shape index (κ1) is 12.0. The van der Waals surface area contributed by atoms with Crippen molar-refractivity contribution >= 4 is 39.6 Å². The monoisotopic (exact) mass is 286 g/mol. The van der Waals surface area contributed by atoms with Crippen molar-refractivity contribution in [2.75, 3.05) is 14.1 Å². The highest BCUT2D eigenvalue weighted by Gasteiger charge is 2.07. The van der Waals surface area contributed by atoms with Crippen molar-refractivity contribution in [1.82, 2.24) is 9.88 Å². The Morgan fingerprint density at radius 1 is 1.67 bits per heavy atom. The predicted octanol–water partition coefficient (Wildman–Crippen LogP) is 2.59. The lowest BCUT2D eigenvalue weighted by molar-refractivity contribution is 0.643. The molecule has 0 aliphatic rings. The van der Waals surface area contributed by atoms with Crippen LogP contribution >= 0.6 is 27.5 Å². The fraction of sp³-hybridized carbons (Fsp3) is 0.222. The molecule has 0 spiro atoms. The Hall–Kier alpha value is -1.12. The largest absolute Gasteiger partial charge is 0.369 e. The van der Waals surface area contributed by atoms with E-state index in [1.807, 2.05) is 20.2 Å². The Bertz CT molecular complexity index is 436. The molecule has 6 heteroatoms. The summed E-state index contributed by atoms with van der Waals surface area (Å²) in [4.78, 5) is 9.77. The van der Waals surface area contributed by atoms with Crippen LogP contribution in [-0.4, -0.2) is 30.3 Å². The van der Waals surface area contributed by atoms with Gasteiger partial charge in [-0.05, 0) is 22.0 Å². The van der Waals surface area contributed by atoms with Crippen LogP contribution in [0.2, 0.25) is 5.15 Å². The van der Waals surface area contributed by atoms with E-state index in [0.717, 1.165) is 0 Å². The van der Waals surface area contributed by atoms with Crippen LogP contribution in [0.1, 0.15) is 5.69 Å². The zero-order valence-electron chi connectivity index (χ0n) is 8.20. The molecule has 0 bridgehead atoms. The Balaban J connectivity index is 3.18. The quantitative estimate of drug-likeness (QED) is 0.477. The van der Waals surface area contributed by atoms with Gasteiger partial charge in [-0.15, -0.1) is 0 Å². The number of pyridine rings is 1. The van der Waals surface area contributed by atoms with Gasteiger partial charge in [0.25, 0.3) is 0 Å². The van der Waals surface area contributed by atoms with Crippen LogP contribution in [0.25, 0.3) is 0 Å². The maximum absolute atomic E-state index is 8.83. The van der Waals surface area contributed by atoms with Crippen molar-refractivity contribution in [3.63, 3.8) is 0 Å². The second-order valence-corrected chi connectivity index (χ2v) is 4.16. The van der Waals surface area contributed by atoms with E-state index in [0.29, 0.717) is 10.2 Å². The fourth-order valence-electron chi connectivity index (χ4n) is 0.815. The van der Waals surface area contributed by atoms with Crippen LogP contribution in [0.3, 0.4) is 0 Å². The van der Waals surface area contributed by atoms with Gasteiger partial charge in [0.2, 0.25) is 0 Å². The molecular weight excluding hydrogens is 279 g/mol. The summed E-state index contributed by atoms with van der Waals surface area (Å²) in [5.74, 6) is 0. The second-order valence-electron chi connectivity index (χ2n) is 2.95. The van der Waals surface area contributed by atoms with E-state index < -0.39 is 0 Å². The summed E-state index contributed by atoms with van der Waals surface area (Å²) in [5, 5.41) is 9.08. The van der Waals surface area contributed by atoms with E-state index in [1.165, 1.54) is 0 Å². The lowest BCUT2D eigenvalue weighted by Gasteiger charge is -2.04. The molecule has 1 rings (SSSR count). The van der Waals surface area contributed by atoms with Gasteiger partial charge in [-0.25, -0.2) is 9.98 Å². The molecule has 0 fully saturated rings. The van der Waals surface area contributed by atoms with Crippen LogP contribution < -0.4 is 0 Å². The van der Waals surface area contributed by atoms with Gasteiger partial charge in [-0.2, -0.15) is 5.26 Å². The molecule has 0 N–H and O–H groups in total. The summed E-state index contributed by atoms with van der Waals surface area (Å²) in [5.41, 5.74) is 0.698. The third-order valence-corrected chi connectivity index (χ3v) is 2.57. The van der Waals surface area contributed by atoms with Gasteiger partial charge in [0.1, 0.15) is 16.9 Å². The molecule has 78 valence electrons. The van der Waals surface area contributed by atoms with Crippen molar-refractivity contribution in [1.29, 1.82) is 5.26 Å². The van der Waals surface area contributed by atoms with E-state index >= 15 is 0 Å². The Morgan fingerprint density at radius 2 is 2.33 bits per heavy atom. The summed E-state index contributed by atoms with van der Waals surface area (Å²) in [6.07, 6.45) is 1.60. The SMILES string of the molecule is CN(C)/C=N\c1cc(Br)c(Cl)nc1C#N. The Labute approximate surface area is 101 Å². The Morgan fingerprint density at radius 3 is 2.87 bits per heavy atom. The molecule has 0 aliphatic heterocycles. The molecule has 1 aromatic rings. The number of hydrogen-bond acceptors (Lipinski definition) is 3. The molecular formula is C9H8BrClN4. The maximum Gasteiger partial charge on any atom is 0.167 e. The smallest absolute Gasteiger partial charge is 0.167 e. The molecule has 0 radical (unpaired) electrons. The highest BCUT2D eigenvalue weighted by Crippen LogP contribution is 2.27. The molecule has 1 heterocycles. The van der Waals surface area contributed by atoms with Gasteiger partial charge < -0.3 is 4.90 Å². The third-order valence-electron chi connectivity index (χ3n) is 1.45. The average molecular weight is 288 g/mol. The van der Waals surface area contributed by atoms with Gasteiger partial charge in [-0.1, -0.05) is 11.6 Å². The van der Waals surface area contributed by atoms with Crippen LogP contribution in [0.15, 0.2) is 15.5 Å². The second kappa shape index (κ2) is 5.10. The van der Waals surface area contributed by atoms with Crippen LogP contribution in [0, 0.1) is 11.3 Å². The topological polar surface area (TPSA) is 52.3 Å². The van der Waals surface area contributed by atoms with Crippen molar-refractivity contribution in [2.45, 2.75) is 0 Å². The Kier molecular flexibility index (Phi) is 4.06. The number of halogens is 2. The first-order valence-corrected chi connectivity index (χ1v) is 5.18. The van der Waals surface area contributed by atoms with E-state index in [-0.39, 0.29) is 10.8 Å². The molecule has 0 saturated carbocycles. The number of hydrogen-bond donors (Lipinski definition) is 0. The molecule has 0 amide bonds. The molecule has 1 aromatic heterocycles. The minimum atomic E-state index is 0.210. The van der Waals surface area contributed by atoms with Crippen LogP contribution in [-0.2, 0) is 0 Å². The maximum atomic E-state index is 8.83. The molecule has 4 nitrogen and oxygen atoms in total. The summed E-state index contributed by atoms with van der Waals surface area (Å²) in [7, 11) is 3.68. The summed E-state index contributed by atoms with van der Waals surface area (Å²) >= 11 is 8.98. The van der Waals surface area contributed by atoms with Crippen molar-refractivity contribution in [3.8, 4) is 6.07 Å². The molecule has 0 saturated heterocycles. The van der Waals surface area contributed by atoms with Crippen LogP contribution in [0.4, 0.5) is 5.69 Å². The lowest BCUT2D eigenvalue weighted by Crippen LogP contribution is -2.07. The van der Waals surface area contributed by atoms with E-state index in [2.05, 4.69) is 25.9 Å². The number of aromatic nitrogens is 1. The van der Waals surface area contributed by atoms with Crippen molar-refractivity contribution in [2.24, 2.45) is 4.99 Å². The number of nitrogens with zero attached hydrogens (tertiary/aromatic N) is 4.